The van der Waals surface area contributed by atoms with Crippen molar-refractivity contribution in [2.45, 2.75) is 26.7 Å². The second-order valence-electron chi connectivity index (χ2n) is 6.96. The smallest absolute Gasteiger partial charge is 0.224 e. The molecule has 1 aliphatic rings. The van der Waals surface area contributed by atoms with Crippen LogP contribution in [0.25, 0.3) is 0 Å². The van der Waals surface area contributed by atoms with Gasteiger partial charge in [0.05, 0.1) is 0 Å². The third-order valence-corrected chi connectivity index (χ3v) is 4.64. The molecule has 0 radical (unpaired) electrons. The van der Waals surface area contributed by atoms with Crippen LogP contribution < -0.4 is 10.1 Å². The highest BCUT2D eigenvalue weighted by molar-refractivity contribution is 5.90. The molecule has 27 heavy (non-hydrogen) atoms. The zero-order valence-corrected chi connectivity index (χ0v) is 16.2. The Hall–Kier alpha value is -3.01. The Morgan fingerprint density at radius 1 is 1.15 bits per heavy atom. The number of allylic oxidation sites excluding steroid dienone is 1. The van der Waals surface area contributed by atoms with Crippen molar-refractivity contribution >= 4 is 11.6 Å². The van der Waals surface area contributed by atoms with Gasteiger partial charge in [-0.25, -0.2) is 0 Å². The molecule has 4 nitrogen and oxygen atoms in total. The van der Waals surface area contributed by atoms with Crippen molar-refractivity contribution in [2.24, 2.45) is 0 Å². The van der Waals surface area contributed by atoms with E-state index >= 15 is 0 Å². The number of likely N-dealkylation sites (N-methyl/N-ethyl adjacent to an activating group) is 1. The fraction of sp³-hybridized carbons (Fsp3) is 0.261. The van der Waals surface area contributed by atoms with E-state index in [4.69, 9.17) is 4.74 Å². The summed E-state index contributed by atoms with van der Waals surface area (Å²) in [5.41, 5.74) is 4.33. The second kappa shape index (κ2) is 8.58. The van der Waals surface area contributed by atoms with E-state index < -0.39 is 0 Å². The molecule has 140 valence electrons. The molecule has 2 aromatic rings. The van der Waals surface area contributed by atoms with Gasteiger partial charge in [0, 0.05) is 31.9 Å². The minimum absolute atomic E-state index is 0.0190. The van der Waals surface area contributed by atoms with E-state index in [0.717, 1.165) is 29.3 Å². The van der Waals surface area contributed by atoms with Crippen molar-refractivity contribution in [3.8, 4) is 5.75 Å². The molecule has 0 saturated heterocycles. The van der Waals surface area contributed by atoms with Crippen LogP contribution in [0.15, 0.2) is 66.6 Å². The average Bonchev–Trinajstić information content (AvgIpc) is 2.65. The molecular weight excluding hydrogens is 336 g/mol. The van der Waals surface area contributed by atoms with E-state index in [-0.39, 0.29) is 5.91 Å². The predicted molar refractivity (Wildman–Crippen MR) is 110 cm³/mol. The number of ether oxygens (including phenoxy) is 1. The lowest BCUT2D eigenvalue weighted by Crippen LogP contribution is -2.15. The van der Waals surface area contributed by atoms with Crippen molar-refractivity contribution in [1.82, 2.24) is 4.90 Å². The summed E-state index contributed by atoms with van der Waals surface area (Å²) in [6.07, 6.45) is 7.10. The third-order valence-electron chi connectivity index (χ3n) is 4.64. The van der Waals surface area contributed by atoms with Crippen molar-refractivity contribution in [3.05, 3.63) is 83.3 Å². The number of nitrogens with zero attached hydrogens (tertiary/aromatic N) is 1. The van der Waals surface area contributed by atoms with Gasteiger partial charge in [-0.2, -0.15) is 0 Å². The zero-order chi connectivity index (χ0) is 19.2. The van der Waals surface area contributed by atoms with Crippen LogP contribution >= 0.6 is 0 Å². The topological polar surface area (TPSA) is 41.6 Å². The van der Waals surface area contributed by atoms with E-state index in [1.807, 2.05) is 74.8 Å². The molecule has 0 fully saturated rings. The minimum Gasteiger partial charge on any atom is -0.458 e. The Morgan fingerprint density at radius 3 is 2.74 bits per heavy atom. The molecule has 3 rings (SSSR count). The lowest BCUT2D eigenvalue weighted by atomic mass is 10.1. The minimum atomic E-state index is 0.0190. The number of hydrogen-bond acceptors (Lipinski definition) is 3. The molecule has 1 aliphatic heterocycles. The quantitative estimate of drug-likeness (QED) is 0.817. The molecule has 1 heterocycles. The van der Waals surface area contributed by atoms with Gasteiger partial charge >= 0.3 is 0 Å². The largest absolute Gasteiger partial charge is 0.458 e. The molecule has 4 heteroatoms. The highest BCUT2D eigenvalue weighted by Crippen LogP contribution is 2.20. The summed E-state index contributed by atoms with van der Waals surface area (Å²) in [5.74, 6) is 1.66. The van der Waals surface area contributed by atoms with Crippen LogP contribution in [0, 0.1) is 13.8 Å². The van der Waals surface area contributed by atoms with E-state index in [0.29, 0.717) is 12.8 Å². The van der Waals surface area contributed by atoms with E-state index in [1.54, 1.807) is 0 Å². The van der Waals surface area contributed by atoms with Crippen LogP contribution in [0.2, 0.25) is 0 Å². The maximum atomic E-state index is 12.2. The van der Waals surface area contributed by atoms with Gasteiger partial charge in [0.2, 0.25) is 5.91 Å². The van der Waals surface area contributed by atoms with E-state index in [1.165, 1.54) is 11.1 Å². The van der Waals surface area contributed by atoms with Crippen LogP contribution in [-0.2, 0) is 11.2 Å². The van der Waals surface area contributed by atoms with Gasteiger partial charge in [-0.1, -0.05) is 18.2 Å². The molecule has 0 spiro atoms. The second-order valence-corrected chi connectivity index (χ2v) is 6.96. The van der Waals surface area contributed by atoms with Crippen LogP contribution in [0.4, 0.5) is 5.69 Å². The summed E-state index contributed by atoms with van der Waals surface area (Å²) in [7, 11) is 2.02. The molecule has 0 aromatic heterocycles. The summed E-state index contributed by atoms with van der Waals surface area (Å²) in [4.78, 5) is 14.3. The van der Waals surface area contributed by atoms with Gasteiger partial charge in [-0.05, 0) is 73.4 Å². The van der Waals surface area contributed by atoms with Gasteiger partial charge in [0.15, 0.2) is 0 Å². The zero-order valence-electron chi connectivity index (χ0n) is 16.2. The number of anilines is 1. The Kier molecular flexibility index (Phi) is 5.97. The van der Waals surface area contributed by atoms with Gasteiger partial charge in [-0.3, -0.25) is 4.79 Å². The van der Waals surface area contributed by atoms with Gasteiger partial charge < -0.3 is 15.0 Å². The van der Waals surface area contributed by atoms with Crippen molar-refractivity contribution in [1.29, 1.82) is 0 Å². The molecule has 0 aliphatic carbocycles. The molecule has 1 amide bonds. The number of carbonyl (C=O) groups is 1. The highest BCUT2D eigenvalue weighted by Gasteiger charge is 2.07. The lowest BCUT2D eigenvalue weighted by Gasteiger charge is -2.17. The standard InChI is InChI=1S/C23H26N2O2/c1-17-7-9-20(15-18(17)2)24-23(26)10-8-19-5-4-6-22(16-19)27-21-11-13-25(3)14-12-21/h4-7,9,11-13,15-16H,8,10,14H2,1-3H3,(H,24,26). The maximum absolute atomic E-state index is 12.2. The third kappa shape index (κ3) is 5.48. The number of aryl methyl sites for hydroxylation is 3. The maximum Gasteiger partial charge on any atom is 0.224 e. The van der Waals surface area contributed by atoms with Crippen LogP contribution in [0.3, 0.4) is 0 Å². The summed E-state index contributed by atoms with van der Waals surface area (Å²) < 4.78 is 5.92. The summed E-state index contributed by atoms with van der Waals surface area (Å²) in [5, 5.41) is 2.97. The molecule has 0 unspecified atom stereocenters. The van der Waals surface area contributed by atoms with Gasteiger partial charge in [-0.15, -0.1) is 0 Å². The summed E-state index contributed by atoms with van der Waals surface area (Å²) in [6, 6.07) is 13.9. The number of benzene rings is 2. The fourth-order valence-electron chi connectivity index (χ4n) is 2.84. The van der Waals surface area contributed by atoms with Crippen molar-refractivity contribution in [3.63, 3.8) is 0 Å². The molecule has 0 saturated carbocycles. The number of carbonyl (C=O) groups excluding carboxylic acids is 1. The number of nitrogens with one attached hydrogen (secondary N) is 1. The summed E-state index contributed by atoms with van der Waals surface area (Å²) >= 11 is 0. The monoisotopic (exact) mass is 362 g/mol. The first-order chi connectivity index (χ1) is 13.0. The molecular formula is C23H26N2O2. The Balaban J connectivity index is 1.54. The van der Waals surface area contributed by atoms with Gasteiger partial charge in [0.1, 0.15) is 11.5 Å². The van der Waals surface area contributed by atoms with Gasteiger partial charge in [0.25, 0.3) is 0 Å². The Bertz CT molecular complexity index is 884. The molecule has 0 bridgehead atoms. The Morgan fingerprint density at radius 2 is 2.00 bits per heavy atom. The number of amides is 1. The van der Waals surface area contributed by atoms with Crippen molar-refractivity contribution < 1.29 is 9.53 Å². The van der Waals surface area contributed by atoms with Crippen molar-refractivity contribution in [2.75, 3.05) is 18.9 Å². The van der Waals surface area contributed by atoms with Crippen LogP contribution in [0.5, 0.6) is 5.75 Å². The number of hydrogen-bond donors (Lipinski definition) is 1. The predicted octanol–water partition coefficient (Wildman–Crippen LogP) is 4.60. The average molecular weight is 362 g/mol. The van der Waals surface area contributed by atoms with E-state index in [2.05, 4.69) is 17.1 Å². The fourth-order valence-corrected chi connectivity index (χ4v) is 2.84. The first kappa shape index (κ1) is 18.8. The molecule has 2 aromatic carbocycles. The number of rotatable bonds is 6. The first-order valence-electron chi connectivity index (χ1n) is 9.22. The molecule has 0 atom stereocenters. The summed E-state index contributed by atoms with van der Waals surface area (Å²) in [6.45, 7) is 4.95. The normalized spacial score (nSPS) is 13.3. The van der Waals surface area contributed by atoms with E-state index in [9.17, 15) is 4.79 Å². The Labute approximate surface area is 161 Å². The highest BCUT2D eigenvalue weighted by atomic mass is 16.5. The molecule has 1 N–H and O–H groups in total. The lowest BCUT2D eigenvalue weighted by molar-refractivity contribution is -0.116. The SMILES string of the molecule is Cc1ccc(NC(=O)CCc2cccc(OC3=CCN(C)C=C3)c2)cc1C. The van der Waals surface area contributed by atoms with Crippen LogP contribution in [-0.4, -0.2) is 24.4 Å². The first-order valence-corrected chi connectivity index (χ1v) is 9.22. The van der Waals surface area contributed by atoms with Crippen LogP contribution in [0.1, 0.15) is 23.1 Å².